The SMILES string of the molecule is FC(F)(F)c1cc(-c2ccccn2)n[nH]1.FC(F)(F)c1cc(-c2ccccn2)n[nH]1.Fc1ccc(-c2[c-]nccc2)c(F)c1.[Ru+]. The maximum absolute atomic E-state index is 13.2. The van der Waals surface area contributed by atoms with Crippen molar-refractivity contribution >= 4 is 0 Å². The molecule has 0 spiro atoms. The first-order valence-electron chi connectivity index (χ1n) is 12.3. The number of rotatable bonds is 3. The minimum atomic E-state index is -4.40. The Morgan fingerprint density at radius 3 is 1.49 bits per heavy atom. The zero-order valence-corrected chi connectivity index (χ0v) is 24.1. The summed E-state index contributed by atoms with van der Waals surface area (Å²) in [7, 11) is 0. The van der Waals surface area contributed by atoms with Crippen LogP contribution in [-0.2, 0) is 31.8 Å². The summed E-state index contributed by atoms with van der Waals surface area (Å²) in [5.74, 6) is -1.19. The zero-order valence-electron chi connectivity index (χ0n) is 22.4. The summed E-state index contributed by atoms with van der Waals surface area (Å²) in [6.45, 7) is 0. The molecule has 0 aliphatic heterocycles. The van der Waals surface area contributed by atoms with E-state index in [2.05, 4.69) is 31.3 Å². The van der Waals surface area contributed by atoms with Crippen LogP contribution in [0.15, 0.2) is 97.5 Å². The standard InChI is InChI=1S/C11H6F2N.2C9H6F3N3.Ru/c12-9-3-4-10(11(13)6-9)8-2-1-5-14-7-8;2*10-9(11,12)8-5-7(14-15-8)6-3-1-2-4-13-6;/h1-6H;2*1-5H,(H,14,15);/q-1;;;+1. The molecule has 5 heterocycles. The van der Waals surface area contributed by atoms with Crippen molar-refractivity contribution in [3.05, 3.63) is 127 Å². The van der Waals surface area contributed by atoms with Crippen LogP contribution in [0.3, 0.4) is 0 Å². The quantitative estimate of drug-likeness (QED) is 0.111. The first-order valence-corrected chi connectivity index (χ1v) is 12.3. The van der Waals surface area contributed by atoms with E-state index < -0.39 is 35.4 Å². The molecule has 0 amide bonds. The van der Waals surface area contributed by atoms with E-state index in [4.69, 9.17) is 0 Å². The summed E-state index contributed by atoms with van der Waals surface area (Å²) in [5, 5.41) is 10.9. The molecule has 45 heavy (non-hydrogen) atoms. The summed E-state index contributed by atoms with van der Waals surface area (Å²) >= 11 is 0. The minimum Gasteiger partial charge on any atom is -0.360 e. The second-order valence-electron chi connectivity index (χ2n) is 8.55. The number of aromatic nitrogens is 7. The number of pyridine rings is 3. The normalized spacial score (nSPS) is 10.9. The van der Waals surface area contributed by atoms with Crippen molar-refractivity contribution in [3.8, 4) is 33.9 Å². The number of hydrogen-bond donors (Lipinski definition) is 2. The van der Waals surface area contributed by atoms with Crippen LogP contribution in [0.4, 0.5) is 35.1 Å². The maximum atomic E-state index is 13.2. The third-order valence-electron chi connectivity index (χ3n) is 5.45. The monoisotopic (exact) mass is 718 g/mol. The second-order valence-corrected chi connectivity index (χ2v) is 8.55. The van der Waals surface area contributed by atoms with E-state index in [-0.39, 0.29) is 30.9 Å². The molecule has 0 aliphatic carbocycles. The molecule has 1 radical (unpaired) electrons. The Morgan fingerprint density at radius 1 is 0.578 bits per heavy atom. The van der Waals surface area contributed by atoms with Crippen LogP contribution in [0.5, 0.6) is 0 Å². The molecule has 0 aliphatic rings. The first-order chi connectivity index (χ1) is 20.9. The Hall–Kier alpha value is -4.85. The third kappa shape index (κ3) is 9.83. The molecule has 16 heteroatoms. The van der Waals surface area contributed by atoms with E-state index in [1.807, 2.05) is 10.2 Å². The van der Waals surface area contributed by atoms with E-state index >= 15 is 0 Å². The number of benzene rings is 1. The van der Waals surface area contributed by atoms with Gasteiger partial charge in [0, 0.05) is 18.5 Å². The van der Waals surface area contributed by atoms with Crippen molar-refractivity contribution < 1.29 is 54.6 Å². The first kappa shape index (κ1) is 34.6. The summed E-state index contributed by atoms with van der Waals surface area (Å²) in [6, 6.07) is 18.6. The summed E-state index contributed by atoms with van der Waals surface area (Å²) in [5.41, 5.74) is 0.259. The van der Waals surface area contributed by atoms with Gasteiger partial charge in [0.05, 0.1) is 17.2 Å². The van der Waals surface area contributed by atoms with Gasteiger partial charge in [-0.2, -0.15) is 36.5 Å². The van der Waals surface area contributed by atoms with Crippen molar-refractivity contribution in [1.29, 1.82) is 0 Å². The number of nitrogens with zero attached hydrogens (tertiary/aromatic N) is 5. The topological polar surface area (TPSA) is 96.0 Å². The Kier molecular flexibility index (Phi) is 11.7. The van der Waals surface area contributed by atoms with Crippen molar-refractivity contribution in [2.75, 3.05) is 0 Å². The van der Waals surface area contributed by atoms with Gasteiger partial charge < -0.3 is 4.98 Å². The van der Waals surface area contributed by atoms with Gasteiger partial charge in [0.1, 0.15) is 28.6 Å². The number of aromatic amines is 2. The van der Waals surface area contributed by atoms with Crippen LogP contribution in [0.2, 0.25) is 0 Å². The minimum absolute atomic E-state index is 0. The van der Waals surface area contributed by atoms with Gasteiger partial charge in [-0.25, -0.2) is 8.78 Å². The molecule has 0 bridgehead atoms. The van der Waals surface area contributed by atoms with Crippen LogP contribution >= 0.6 is 0 Å². The number of halogens is 8. The smallest absolute Gasteiger partial charge is 0.360 e. The zero-order chi connectivity index (χ0) is 31.7. The fourth-order valence-electron chi connectivity index (χ4n) is 3.41. The van der Waals surface area contributed by atoms with Gasteiger partial charge in [-0.3, -0.25) is 20.2 Å². The predicted octanol–water partition coefficient (Wildman–Crippen LogP) is 7.81. The average molecular weight is 718 g/mol. The van der Waals surface area contributed by atoms with Gasteiger partial charge >= 0.3 is 31.8 Å². The van der Waals surface area contributed by atoms with Crippen LogP contribution in [0, 0.1) is 17.8 Å². The molecule has 233 valence electrons. The second kappa shape index (κ2) is 15.2. The summed E-state index contributed by atoms with van der Waals surface area (Å²) in [4.78, 5) is 11.5. The van der Waals surface area contributed by atoms with Gasteiger partial charge in [0.25, 0.3) is 0 Å². The Bertz CT molecular complexity index is 1670. The number of alkyl halides is 6. The van der Waals surface area contributed by atoms with Gasteiger partial charge in [0.15, 0.2) is 0 Å². The molecule has 7 nitrogen and oxygen atoms in total. The number of H-pyrrole nitrogens is 2. The summed E-state index contributed by atoms with van der Waals surface area (Å²) < 4.78 is 99.2. The Balaban J connectivity index is 0.000000182. The van der Waals surface area contributed by atoms with Crippen molar-refractivity contribution in [1.82, 2.24) is 35.3 Å². The maximum Gasteiger partial charge on any atom is 1.00 e. The van der Waals surface area contributed by atoms with Crippen LogP contribution in [0.25, 0.3) is 33.9 Å². The summed E-state index contributed by atoms with van der Waals surface area (Å²) in [6.07, 6.45) is -1.63. The average Bonchev–Trinajstić information content (AvgIpc) is 3.71. The van der Waals surface area contributed by atoms with Gasteiger partial charge in [-0.05, 0) is 48.7 Å². The molecule has 0 unspecified atom stereocenters. The van der Waals surface area contributed by atoms with Gasteiger partial charge in [-0.15, -0.1) is 17.7 Å². The fourth-order valence-corrected chi connectivity index (χ4v) is 3.41. The van der Waals surface area contributed by atoms with Crippen LogP contribution < -0.4 is 0 Å². The van der Waals surface area contributed by atoms with Gasteiger partial charge in [-0.1, -0.05) is 30.0 Å². The molecule has 2 N–H and O–H groups in total. The molecule has 0 atom stereocenters. The van der Waals surface area contributed by atoms with E-state index in [1.165, 1.54) is 24.5 Å². The van der Waals surface area contributed by atoms with Crippen molar-refractivity contribution in [2.24, 2.45) is 0 Å². The van der Waals surface area contributed by atoms with E-state index in [9.17, 15) is 35.1 Å². The van der Waals surface area contributed by atoms with Crippen LogP contribution in [-0.4, -0.2) is 35.3 Å². The van der Waals surface area contributed by atoms with Crippen molar-refractivity contribution in [3.63, 3.8) is 0 Å². The molecule has 0 fully saturated rings. The van der Waals surface area contributed by atoms with E-state index in [0.717, 1.165) is 18.2 Å². The number of hydrogen-bond acceptors (Lipinski definition) is 5. The Morgan fingerprint density at radius 2 is 1.11 bits per heavy atom. The van der Waals surface area contributed by atoms with Crippen molar-refractivity contribution in [2.45, 2.75) is 12.4 Å². The molecular formula is C29H18F8N7Ru. The van der Waals surface area contributed by atoms with Gasteiger partial charge in [0.2, 0.25) is 0 Å². The van der Waals surface area contributed by atoms with E-state index in [0.29, 0.717) is 22.5 Å². The third-order valence-corrected chi connectivity index (χ3v) is 5.45. The molecule has 0 saturated heterocycles. The van der Waals surface area contributed by atoms with Crippen LogP contribution in [0.1, 0.15) is 11.4 Å². The Labute approximate surface area is 262 Å². The predicted molar refractivity (Wildman–Crippen MR) is 142 cm³/mol. The molecular weight excluding hydrogens is 699 g/mol. The fraction of sp³-hybridized carbons (Fsp3) is 0.0690. The molecule has 1 aromatic carbocycles. The number of nitrogens with one attached hydrogen (secondary N) is 2. The largest absolute Gasteiger partial charge is 1.00 e. The molecule has 5 aromatic heterocycles. The molecule has 6 aromatic rings. The molecule has 0 saturated carbocycles. The molecule has 6 rings (SSSR count). The van der Waals surface area contributed by atoms with E-state index in [1.54, 1.807) is 54.7 Å².